The molecule has 0 radical (unpaired) electrons. The van der Waals surface area contributed by atoms with Gasteiger partial charge in [0, 0.05) is 19.6 Å². The maximum Gasteiger partial charge on any atom is 0.229 e. The van der Waals surface area contributed by atoms with Crippen LogP contribution in [-0.4, -0.2) is 54.2 Å². The number of rotatable bonds is 12. The van der Waals surface area contributed by atoms with E-state index in [0.717, 1.165) is 38.9 Å². The first-order valence-electron chi connectivity index (χ1n) is 7.38. The summed E-state index contributed by atoms with van der Waals surface area (Å²) in [6.07, 6.45) is 2.58. The minimum atomic E-state index is 0.531. The average molecular weight is 297 g/mol. The Bertz CT molecular complexity index is 315. The quantitative estimate of drug-likeness (QED) is 0.271. The van der Waals surface area contributed by atoms with E-state index in [-0.39, 0.29) is 0 Å². The third-order valence-electron chi connectivity index (χ3n) is 2.63. The zero-order valence-electron chi connectivity index (χ0n) is 12.4. The molecule has 0 spiro atoms. The molecule has 21 heavy (non-hydrogen) atoms. The highest BCUT2D eigenvalue weighted by atomic mass is 15.3. The molecule has 0 saturated heterocycles. The smallest absolute Gasteiger partial charge is 0.229 e. The zero-order valence-corrected chi connectivity index (χ0v) is 12.4. The van der Waals surface area contributed by atoms with Crippen LogP contribution in [-0.2, 0) is 0 Å². The lowest BCUT2D eigenvalue weighted by Crippen LogP contribution is -2.17. The molecule has 0 aromatic carbocycles. The zero-order chi connectivity index (χ0) is 15.3. The summed E-state index contributed by atoms with van der Waals surface area (Å²) < 4.78 is 0. The Kier molecular flexibility index (Phi) is 9.09. The number of anilines is 3. The largest absolute Gasteiger partial charge is 0.354 e. The Morgan fingerprint density at radius 1 is 0.571 bits per heavy atom. The van der Waals surface area contributed by atoms with Gasteiger partial charge in [0.15, 0.2) is 0 Å². The molecule has 0 aliphatic heterocycles. The van der Waals surface area contributed by atoms with Crippen LogP contribution < -0.4 is 33.2 Å². The van der Waals surface area contributed by atoms with Crippen molar-refractivity contribution in [3.05, 3.63) is 0 Å². The van der Waals surface area contributed by atoms with E-state index < -0.39 is 0 Å². The third-order valence-corrected chi connectivity index (χ3v) is 2.63. The second kappa shape index (κ2) is 11.0. The molecule has 0 atom stereocenters. The van der Waals surface area contributed by atoms with Crippen molar-refractivity contribution in [2.24, 2.45) is 17.2 Å². The van der Waals surface area contributed by atoms with Gasteiger partial charge in [-0.3, -0.25) is 0 Å². The van der Waals surface area contributed by atoms with Crippen molar-refractivity contribution in [1.29, 1.82) is 0 Å². The maximum absolute atomic E-state index is 5.47. The molecule has 0 bridgehead atoms. The Balaban J connectivity index is 2.65. The van der Waals surface area contributed by atoms with Crippen LogP contribution in [0.5, 0.6) is 0 Å². The van der Waals surface area contributed by atoms with E-state index in [1.807, 2.05) is 0 Å². The van der Waals surface area contributed by atoms with Crippen molar-refractivity contribution in [1.82, 2.24) is 15.0 Å². The van der Waals surface area contributed by atoms with Gasteiger partial charge in [-0.15, -0.1) is 0 Å². The van der Waals surface area contributed by atoms with Crippen molar-refractivity contribution < 1.29 is 0 Å². The standard InChI is InChI=1S/C12H27N9/c13-4-1-7-16-10-19-11(17-8-2-5-14)21-12(20-10)18-9-3-6-15/h1-9,13-15H2,(H3,16,17,18,19,20,21). The Morgan fingerprint density at radius 3 is 1.10 bits per heavy atom. The van der Waals surface area contributed by atoms with Crippen molar-refractivity contribution >= 4 is 17.8 Å². The molecule has 1 aromatic heterocycles. The number of nitrogens with one attached hydrogen (secondary N) is 3. The summed E-state index contributed by atoms with van der Waals surface area (Å²) in [5, 5.41) is 9.41. The first-order chi connectivity index (χ1) is 10.3. The van der Waals surface area contributed by atoms with Gasteiger partial charge in [-0.1, -0.05) is 0 Å². The van der Waals surface area contributed by atoms with E-state index in [1.54, 1.807) is 0 Å². The topological polar surface area (TPSA) is 153 Å². The summed E-state index contributed by atoms with van der Waals surface area (Å²) in [5.41, 5.74) is 16.4. The maximum atomic E-state index is 5.47. The summed E-state index contributed by atoms with van der Waals surface area (Å²) in [7, 11) is 0. The molecule has 0 unspecified atom stereocenters. The highest BCUT2D eigenvalue weighted by Crippen LogP contribution is 2.09. The van der Waals surface area contributed by atoms with E-state index in [1.165, 1.54) is 0 Å². The first kappa shape index (κ1) is 17.3. The van der Waals surface area contributed by atoms with Gasteiger partial charge in [0.25, 0.3) is 0 Å². The molecule has 9 heteroatoms. The SMILES string of the molecule is NCCCNc1nc(NCCCN)nc(NCCCN)n1. The second-order valence-electron chi connectivity index (χ2n) is 4.51. The van der Waals surface area contributed by atoms with E-state index in [4.69, 9.17) is 17.2 Å². The number of nitrogens with two attached hydrogens (primary N) is 3. The van der Waals surface area contributed by atoms with Gasteiger partial charge in [-0.25, -0.2) is 0 Å². The van der Waals surface area contributed by atoms with E-state index in [2.05, 4.69) is 30.9 Å². The first-order valence-corrected chi connectivity index (χ1v) is 7.38. The van der Waals surface area contributed by atoms with Gasteiger partial charge < -0.3 is 33.2 Å². The predicted octanol–water partition coefficient (Wildman–Crippen LogP) is -0.846. The average Bonchev–Trinajstić information content (AvgIpc) is 2.48. The number of hydrogen-bond acceptors (Lipinski definition) is 9. The van der Waals surface area contributed by atoms with E-state index in [9.17, 15) is 0 Å². The van der Waals surface area contributed by atoms with Gasteiger partial charge in [0.1, 0.15) is 0 Å². The lowest BCUT2D eigenvalue weighted by atomic mass is 10.4. The van der Waals surface area contributed by atoms with Crippen LogP contribution in [0.1, 0.15) is 19.3 Å². The predicted molar refractivity (Wildman–Crippen MR) is 86.3 cm³/mol. The molecule has 0 saturated carbocycles. The minimum absolute atomic E-state index is 0.531. The molecule has 9 nitrogen and oxygen atoms in total. The molecule has 0 aliphatic carbocycles. The van der Waals surface area contributed by atoms with Crippen LogP contribution in [0.4, 0.5) is 17.8 Å². The lowest BCUT2D eigenvalue weighted by molar-refractivity contribution is 0.839. The monoisotopic (exact) mass is 297 g/mol. The normalized spacial score (nSPS) is 10.4. The number of nitrogens with zero attached hydrogens (tertiary/aromatic N) is 3. The fourth-order valence-corrected chi connectivity index (χ4v) is 1.52. The van der Waals surface area contributed by atoms with Crippen LogP contribution >= 0.6 is 0 Å². The molecular formula is C12H27N9. The molecule has 0 aliphatic rings. The summed E-state index contributed by atoms with van der Waals surface area (Å²) >= 11 is 0. The van der Waals surface area contributed by atoms with Crippen molar-refractivity contribution in [2.45, 2.75) is 19.3 Å². The molecule has 9 N–H and O–H groups in total. The highest BCUT2D eigenvalue weighted by Gasteiger charge is 2.05. The van der Waals surface area contributed by atoms with Crippen LogP contribution in [0.25, 0.3) is 0 Å². The third kappa shape index (κ3) is 7.59. The van der Waals surface area contributed by atoms with Crippen molar-refractivity contribution in [3.8, 4) is 0 Å². The lowest BCUT2D eigenvalue weighted by Gasteiger charge is -2.10. The fourth-order valence-electron chi connectivity index (χ4n) is 1.52. The van der Waals surface area contributed by atoms with E-state index >= 15 is 0 Å². The number of aromatic nitrogens is 3. The van der Waals surface area contributed by atoms with Crippen molar-refractivity contribution in [2.75, 3.05) is 55.2 Å². The van der Waals surface area contributed by atoms with Crippen LogP contribution in [0.15, 0.2) is 0 Å². The van der Waals surface area contributed by atoms with Gasteiger partial charge in [-0.05, 0) is 38.9 Å². The molecular weight excluding hydrogens is 270 g/mol. The number of hydrogen-bond donors (Lipinski definition) is 6. The Morgan fingerprint density at radius 2 is 0.857 bits per heavy atom. The summed E-state index contributed by atoms with van der Waals surface area (Å²) in [4.78, 5) is 12.9. The van der Waals surface area contributed by atoms with Crippen molar-refractivity contribution in [3.63, 3.8) is 0 Å². The van der Waals surface area contributed by atoms with Crippen LogP contribution in [0, 0.1) is 0 Å². The van der Waals surface area contributed by atoms with E-state index in [0.29, 0.717) is 37.5 Å². The van der Waals surface area contributed by atoms with Gasteiger partial charge in [0.05, 0.1) is 0 Å². The molecule has 0 fully saturated rings. The molecule has 120 valence electrons. The molecule has 1 heterocycles. The second-order valence-corrected chi connectivity index (χ2v) is 4.51. The molecule has 1 rings (SSSR count). The van der Waals surface area contributed by atoms with Crippen LogP contribution in [0.2, 0.25) is 0 Å². The summed E-state index contributed by atoms with van der Waals surface area (Å²) in [6.45, 7) is 4.06. The molecule has 1 aromatic rings. The minimum Gasteiger partial charge on any atom is -0.354 e. The van der Waals surface area contributed by atoms with Gasteiger partial charge in [0.2, 0.25) is 17.8 Å². The summed E-state index contributed by atoms with van der Waals surface area (Å²) in [6, 6.07) is 0. The summed E-state index contributed by atoms with van der Waals surface area (Å²) in [5.74, 6) is 1.59. The van der Waals surface area contributed by atoms with Crippen LogP contribution in [0.3, 0.4) is 0 Å². The fraction of sp³-hybridized carbons (Fsp3) is 0.750. The highest BCUT2D eigenvalue weighted by molar-refractivity contribution is 5.42. The van der Waals surface area contributed by atoms with Gasteiger partial charge >= 0.3 is 0 Å². The Hall–Kier alpha value is -1.71. The Labute approximate surface area is 125 Å². The molecule has 0 amide bonds. The van der Waals surface area contributed by atoms with Gasteiger partial charge in [-0.2, -0.15) is 15.0 Å².